The third-order valence-corrected chi connectivity index (χ3v) is 6.49. The lowest BCUT2D eigenvalue weighted by Gasteiger charge is -2.35. The van der Waals surface area contributed by atoms with E-state index in [0.717, 1.165) is 6.42 Å². The molecule has 0 aliphatic carbocycles. The summed E-state index contributed by atoms with van der Waals surface area (Å²) < 4.78 is 10.7. The van der Waals surface area contributed by atoms with Crippen LogP contribution in [0.4, 0.5) is 17.1 Å². The number of nitrogens with one attached hydrogen (secondary N) is 2. The van der Waals surface area contributed by atoms with E-state index < -0.39 is 24.0 Å². The maximum absolute atomic E-state index is 13.2. The number of anilines is 3. The Labute approximate surface area is 219 Å². The van der Waals surface area contributed by atoms with E-state index in [1.807, 2.05) is 6.92 Å². The molecular weight excluding hydrogens is 500 g/mol. The maximum atomic E-state index is 13.2. The lowest BCUT2D eigenvalue weighted by molar-refractivity contribution is -0.150. The van der Waals surface area contributed by atoms with Gasteiger partial charge in [0, 0.05) is 41.4 Å². The van der Waals surface area contributed by atoms with Gasteiger partial charge in [-0.15, -0.1) is 0 Å². The molecule has 2 aliphatic rings. The minimum atomic E-state index is -1.77. The van der Waals surface area contributed by atoms with Crippen molar-refractivity contribution in [1.82, 2.24) is 0 Å². The molecule has 2 saturated heterocycles. The molecule has 0 saturated carbocycles. The molecule has 2 aliphatic heterocycles. The van der Waals surface area contributed by atoms with E-state index in [1.54, 1.807) is 41.3 Å². The topological polar surface area (TPSA) is 132 Å². The van der Waals surface area contributed by atoms with Gasteiger partial charge < -0.3 is 35.1 Å². The van der Waals surface area contributed by atoms with E-state index >= 15 is 0 Å². The predicted octanol–water partition coefficient (Wildman–Crippen LogP) is 2.60. The number of hydrogen-bond acceptors (Lipinski definition) is 7. The second kappa shape index (κ2) is 11.8. The highest BCUT2D eigenvalue weighted by atomic mass is 35.5. The van der Waals surface area contributed by atoms with Gasteiger partial charge >= 0.3 is 0 Å². The van der Waals surface area contributed by atoms with Gasteiger partial charge in [-0.3, -0.25) is 14.4 Å². The highest BCUT2D eigenvalue weighted by Crippen LogP contribution is 2.27. The van der Waals surface area contributed by atoms with Crippen molar-refractivity contribution < 1.29 is 29.0 Å². The Morgan fingerprint density at radius 1 is 1.16 bits per heavy atom. The summed E-state index contributed by atoms with van der Waals surface area (Å²) >= 11 is 6.29. The van der Waals surface area contributed by atoms with Gasteiger partial charge in [0.2, 0.25) is 0 Å². The average Bonchev–Trinajstić information content (AvgIpc) is 2.89. The van der Waals surface area contributed by atoms with Crippen molar-refractivity contribution in [2.24, 2.45) is 0 Å². The Morgan fingerprint density at radius 3 is 2.59 bits per heavy atom. The van der Waals surface area contributed by atoms with Gasteiger partial charge in [-0.2, -0.15) is 0 Å². The van der Waals surface area contributed by atoms with E-state index in [0.29, 0.717) is 52.9 Å². The van der Waals surface area contributed by atoms with Crippen LogP contribution in [0.1, 0.15) is 25.3 Å². The summed E-state index contributed by atoms with van der Waals surface area (Å²) in [7, 11) is 0. The number of halogens is 1. The van der Waals surface area contributed by atoms with Gasteiger partial charge in [-0.1, -0.05) is 31.0 Å². The number of rotatable bonds is 8. The number of ether oxygens (including phenoxy) is 2. The van der Waals surface area contributed by atoms with Crippen LogP contribution in [0, 0.1) is 5.41 Å². The molecule has 4 rings (SSSR count). The zero-order valence-electron chi connectivity index (χ0n) is 20.4. The number of carbonyl (C=O) groups is 3. The van der Waals surface area contributed by atoms with Crippen LogP contribution < -0.4 is 15.1 Å². The van der Waals surface area contributed by atoms with Crippen LogP contribution in [0.3, 0.4) is 0 Å². The van der Waals surface area contributed by atoms with Crippen molar-refractivity contribution in [3.63, 3.8) is 0 Å². The highest BCUT2D eigenvalue weighted by molar-refractivity contribution is 6.34. The molecule has 0 aromatic heterocycles. The minimum absolute atomic E-state index is 0.000695. The molecule has 3 N–H and O–H groups in total. The molecule has 37 heavy (non-hydrogen) atoms. The van der Waals surface area contributed by atoms with Crippen molar-refractivity contribution in [3.8, 4) is 0 Å². The standard InChI is InChI=1S/C26H29ClN4O6/c1-2-4-21(28)19-8-7-16(13-20(19)27)29-25(34)23(33)24-26(35)31(10-12-37-24)18-6-3-5-17(14-18)30-9-11-36-15-22(30)32/h3,5-8,13-14,23-24,28,33H,2,4,9-12,15H2,1H3,(H,29,34). The molecule has 0 spiro atoms. The van der Waals surface area contributed by atoms with E-state index in [1.165, 1.54) is 11.0 Å². The summed E-state index contributed by atoms with van der Waals surface area (Å²) in [5, 5.41) is 21.6. The maximum Gasteiger partial charge on any atom is 0.259 e. The first kappa shape index (κ1) is 26.7. The van der Waals surface area contributed by atoms with Crippen LogP contribution in [0.2, 0.25) is 5.02 Å². The van der Waals surface area contributed by atoms with Gasteiger partial charge in [0.1, 0.15) is 6.61 Å². The molecule has 0 radical (unpaired) electrons. The van der Waals surface area contributed by atoms with Gasteiger partial charge in [0.15, 0.2) is 12.2 Å². The fraction of sp³-hybridized carbons (Fsp3) is 0.385. The average molecular weight is 529 g/mol. The quantitative estimate of drug-likeness (QED) is 0.451. The summed E-state index contributed by atoms with van der Waals surface area (Å²) in [4.78, 5) is 41.3. The summed E-state index contributed by atoms with van der Waals surface area (Å²) in [6.45, 7) is 3.14. The summed E-state index contributed by atoms with van der Waals surface area (Å²) in [6.07, 6.45) is -1.79. The van der Waals surface area contributed by atoms with Crippen LogP contribution in [0.15, 0.2) is 42.5 Å². The Balaban J connectivity index is 1.45. The molecule has 10 nitrogen and oxygen atoms in total. The van der Waals surface area contributed by atoms with Gasteiger partial charge in [-0.05, 0) is 42.8 Å². The van der Waals surface area contributed by atoms with Gasteiger partial charge in [-0.25, -0.2) is 0 Å². The molecule has 2 aromatic carbocycles. The molecule has 11 heteroatoms. The van der Waals surface area contributed by atoms with Crippen molar-refractivity contribution in [2.75, 3.05) is 48.0 Å². The summed E-state index contributed by atoms with van der Waals surface area (Å²) in [6, 6.07) is 11.7. The number of amides is 3. The van der Waals surface area contributed by atoms with Crippen LogP contribution in [-0.2, 0) is 23.9 Å². The molecule has 0 bridgehead atoms. The van der Waals surface area contributed by atoms with Crippen LogP contribution in [0.5, 0.6) is 0 Å². The van der Waals surface area contributed by atoms with Crippen LogP contribution >= 0.6 is 11.6 Å². The van der Waals surface area contributed by atoms with Crippen molar-refractivity contribution in [1.29, 1.82) is 5.41 Å². The minimum Gasteiger partial charge on any atom is -0.380 e. The monoisotopic (exact) mass is 528 g/mol. The Kier molecular flexibility index (Phi) is 8.55. The Hall–Kier alpha value is -3.31. The number of aliphatic hydroxyl groups excluding tert-OH is 1. The molecule has 2 aromatic rings. The molecule has 2 heterocycles. The molecule has 2 atom stereocenters. The van der Waals surface area contributed by atoms with Crippen molar-refractivity contribution in [3.05, 3.63) is 53.1 Å². The number of nitrogens with zero attached hydrogens (tertiary/aromatic N) is 2. The Morgan fingerprint density at radius 2 is 1.89 bits per heavy atom. The van der Waals surface area contributed by atoms with Gasteiger partial charge in [0.25, 0.3) is 17.7 Å². The predicted molar refractivity (Wildman–Crippen MR) is 140 cm³/mol. The first-order valence-corrected chi connectivity index (χ1v) is 12.5. The molecule has 2 unspecified atom stereocenters. The highest BCUT2D eigenvalue weighted by Gasteiger charge is 2.39. The molecular formula is C26H29ClN4O6. The normalized spacial score (nSPS) is 19.1. The van der Waals surface area contributed by atoms with E-state index in [4.69, 9.17) is 26.5 Å². The van der Waals surface area contributed by atoms with Crippen LogP contribution in [0.25, 0.3) is 0 Å². The van der Waals surface area contributed by atoms with Crippen molar-refractivity contribution in [2.45, 2.75) is 32.0 Å². The SMILES string of the molecule is CCCC(=N)c1ccc(NC(=O)C(O)C2OCCN(c3cccc(N4CCOCC4=O)c3)C2=O)cc1Cl. The molecule has 196 valence electrons. The van der Waals surface area contributed by atoms with Crippen molar-refractivity contribution >= 4 is 52.1 Å². The zero-order valence-corrected chi connectivity index (χ0v) is 21.2. The zero-order chi connectivity index (χ0) is 26.5. The third kappa shape index (κ3) is 5.99. The van der Waals surface area contributed by atoms with Crippen LogP contribution in [-0.4, -0.2) is 73.7 Å². The fourth-order valence-corrected chi connectivity index (χ4v) is 4.58. The summed E-state index contributed by atoms with van der Waals surface area (Å²) in [5.74, 6) is -1.56. The Bertz CT molecular complexity index is 1210. The number of carbonyl (C=O) groups excluding carboxylic acids is 3. The number of aliphatic hydroxyl groups is 1. The second-order valence-corrected chi connectivity index (χ2v) is 9.16. The van der Waals surface area contributed by atoms with E-state index in [2.05, 4.69) is 5.32 Å². The van der Waals surface area contributed by atoms with E-state index in [9.17, 15) is 19.5 Å². The first-order chi connectivity index (χ1) is 17.8. The lowest BCUT2D eigenvalue weighted by Crippen LogP contribution is -2.55. The lowest BCUT2D eigenvalue weighted by atomic mass is 10.1. The summed E-state index contributed by atoms with van der Waals surface area (Å²) in [5.41, 5.74) is 2.45. The third-order valence-electron chi connectivity index (χ3n) is 6.18. The van der Waals surface area contributed by atoms with E-state index in [-0.39, 0.29) is 25.7 Å². The number of hydrogen-bond donors (Lipinski definition) is 3. The number of morpholine rings is 2. The largest absolute Gasteiger partial charge is 0.380 e. The molecule has 2 fully saturated rings. The smallest absolute Gasteiger partial charge is 0.259 e. The fourth-order valence-electron chi connectivity index (χ4n) is 4.28. The van der Waals surface area contributed by atoms with Gasteiger partial charge in [0.05, 0.1) is 18.2 Å². The number of benzene rings is 2. The second-order valence-electron chi connectivity index (χ2n) is 8.76. The first-order valence-electron chi connectivity index (χ1n) is 12.1. The molecule has 3 amide bonds.